The van der Waals surface area contributed by atoms with Gasteiger partial charge in [-0.1, -0.05) is 42.2 Å². The van der Waals surface area contributed by atoms with Gasteiger partial charge < -0.3 is 5.32 Å². The van der Waals surface area contributed by atoms with E-state index in [1.54, 1.807) is 0 Å². The molecule has 1 saturated heterocycles. The van der Waals surface area contributed by atoms with Gasteiger partial charge in [0.2, 0.25) is 0 Å². The second kappa shape index (κ2) is 7.92. The highest BCUT2D eigenvalue weighted by Crippen LogP contribution is 2.05. The zero-order valence-electron chi connectivity index (χ0n) is 11.0. The number of rotatable bonds is 5. The summed E-state index contributed by atoms with van der Waals surface area (Å²) < 4.78 is 0. The fraction of sp³-hybridized carbons (Fsp3) is 0.500. The van der Waals surface area contributed by atoms with Gasteiger partial charge in [0, 0.05) is 6.54 Å². The normalized spacial score (nSPS) is 15.3. The summed E-state index contributed by atoms with van der Waals surface area (Å²) in [6.45, 7) is 5.22. The average Bonchev–Trinajstić information content (AvgIpc) is 2.92. The van der Waals surface area contributed by atoms with Crippen molar-refractivity contribution in [3.8, 4) is 11.8 Å². The summed E-state index contributed by atoms with van der Waals surface area (Å²) >= 11 is 0. The quantitative estimate of drug-likeness (QED) is 0.627. The van der Waals surface area contributed by atoms with E-state index in [1.165, 1.54) is 31.5 Å². The Morgan fingerprint density at radius 1 is 1.06 bits per heavy atom. The highest BCUT2D eigenvalue weighted by molar-refractivity contribution is 5.14. The highest BCUT2D eigenvalue weighted by atomic mass is 15.1. The van der Waals surface area contributed by atoms with E-state index in [4.69, 9.17) is 0 Å². The Balaban J connectivity index is 1.52. The molecule has 2 rings (SSSR count). The number of nitrogens with zero attached hydrogens (tertiary/aromatic N) is 1. The first-order chi connectivity index (χ1) is 8.95. The molecule has 0 spiro atoms. The van der Waals surface area contributed by atoms with Crippen LogP contribution >= 0.6 is 0 Å². The van der Waals surface area contributed by atoms with Crippen molar-refractivity contribution in [1.29, 1.82) is 0 Å². The van der Waals surface area contributed by atoms with Crippen LogP contribution in [0.2, 0.25) is 0 Å². The molecule has 0 aromatic heterocycles. The van der Waals surface area contributed by atoms with E-state index in [9.17, 15) is 0 Å². The van der Waals surface area contributed by atoms with Crippen LogP contribution in [-0.2, 0) is 6.42 Å². The van der Waals surface area contributed by atoms with Gasteiger partial charge in [-0.2, -0.15) is 0 Å². The Hall–Kier alpha value is -1.30. The van der Waals surface area contributed by atoms with Gasteiger partial charge in [-0.15, -0.1) is 0 Å². The minimum Gasteiger partial charge on any atom is -0.306 e. The number of benzene rings is 1. The number of hydrogen-bond acceptors (Lipinski definition) is 2. The molecule has 0 amide bonds. The minimum atomic E-state index is 0.806. The van der Waals surface area contributed by atoms with E-state index in [2.05, 4.69) is 52.4 Å². The average molecular weight is 242 g/mol. The molecule has 0 atom stereocenters. The van der Waals surface area contributed by atoms with Crippen LogP contribution in [0.4, 0.5) is 0 Å². The van der Waals surface area contributed by atoms with Crippen LogP contribution in [-0.4, -0.2) is 37.6 Å². The fourth-order valence-corrected chi connectivity index (χ4v) is 2.20. The van der Waals surface area contributed by atoms with Crippen LogP contribution in [0.25, 0.3) is 0 Å². The van der Waals surface area contributed by atoms with Crippen molar-refractivity contribution < 1.29 is 0 Å². The standard InChI is InChI=1S/C16H22N2/c1-2-8-16(9-3-1)10-12-17-11-4-5-13-18-14-6-7-15-18/h1-3,8-9,17H,6-7,10-15H2. The van der Waals surface area contributed by atoms with Gasteiger partial charge in [0.1, 0.15) is 0 Å². The fourth-order valence-electron chi connectivity index (χ4n) is 2.20. The van der Waals surface area contributed by atoms with Crippen molar-refractivity contribution in [1.82, 2.24) is 10.2 Å². The second-order valence-electron chi connectivity index (χ2n) is 4.75. The van der Waals surface area contributed by atoms with Crippen LogP contribution in [0, 0.1) is 11.8 Å². The lowest BCUT2D eigenvalue weighted by atomic mass is 10.1. The van der Waals surface area contributed by atoms with Crippen LogP contribution in [0.15, 0.2) is 30.3 Å². The lowest BCUT2D eigenvalue weighted by Crippen LogP contribution is -2.20. The zero-order chi connectivity index (χ0) is 12.5. The first kappa shape index (κ1) is 13.1. The zero-order valence-corrected chi connectivity index (χ0v) is 11.0. The van der Waals surface area contributed by atoms with Crippen LogP contribution < -0.4 is 5.32 Å². The van der Waals surface area contributed by atoms with Crippen molar-refractivity contribution in [3.05, 3.63) is 35.9 Å². The van der Waals surface area contributed by atoms with E-state index in [1.807, 2.05) is 0 Å². The molecule has 1 aliphatic rings. The minimum absolute atomic E-state index is 0.806. The predicted molar refractivity (Wildman–Crippen MR) is 76.5 cm³/mol. The maximum atomic E-state index is 3.37. The van der Waals surface area contributed by atoms with Gasteiger partial charge >= 0.3 is 0 Å². The number of likely N-dealkylation sites (tertiary alicyclic amines) is 1. The Morgan fingerprint density at radius 2 is 1.83 bits per heavy atom. The van der Waals surface area contributed by atoms with E-state index in [-0.39, 0.29) is 0 Å². The third kappa shape index (κ3) is 4.91. The van der Waals surface area contributed by atoms with E-state index < -0.39 is 0 Å². The summed E-state index contributed by atoms with van der Waals surface area (Å²) in [6, 6.07) is 10.6. The lowest BCUT2D eigenvalue weighted by Gasteiger charge is -2.08. The van der Waals surface area contributed by atoms with Gasteiger partial charge in [-0.05, 0) is 37.9 Å². The molecule has 0 aliphatic carbocycles. The summed E-state index contributed by atoms with van der Waals surface area (Å²) in [5, 5.41) is 3.37. The third-order valence-corrected chi connectivity index (χ3v) is 3.27. The predicted octanol–water partition coefficient (Wildman–Crippen LogP) is 1.92. The Kier molecular flexibility index (Phi) is 5.78. The van der Waals surface area contributed by atoms with Gasteiger partial charge in [0.05, 0.1) is 13.1 Å². The van der Waals surface area contributed by atoms with Crippen molar-refractivity contribution in [3.63, 3.8) is 0 Å². The first-order valence-corrected chi connectivity index (χ1v) is 6.88. The van der Waals surface area contributed by atoms with Gasteiger partial charge in [0.25, 0.3) is 0 Å². The molecule has 1 aromatic rings. The topological polar surface area (TPSA) is 15.3 Å². The molecule has 1 fully saturated rings. The summed E-state index contributed by atoms with van der Waals surface area (Å²) in [4.78, 5) is 2.43. The molecule has 1 N–H and O–H groups in total. The van der Waals surface area contributed by atoms with Crippen molar-refractivity contribution in [2.24, 2.45) is 0 Å². The molecule has 1 aliphatic heterocycles. The molecule has 1 aromatic carbocycles. The van der Waals surface area contributed by atoms with Crippen LogP contribution in [0.5, 0.6) is 0 Å². The molecule has 0 radical (unpaired) electrons. The van der Waals surface area contributed by atoms with Gasteiger partial charge in [-0.25, -0.2) is 0 Å². The van der Waals surface area contributed by atoms with Crippen molar-refractivity contribution >= 4 is 0 Å². The maximum absolute atomic E-state index is 3.37. The molecular formula is C16H22N2. The van der Waals surface area contributed by atoms with Crippen molar-refractivity contribution in [2.75, 3.05) is 32.7 Å². The van der Waals surface area contributed by atoms with E-state index in [0.717, 1.165) is 26.1 Å². The highest BCUT2D eigenvalue weighted by Gasteiger charge is 2.08. The molecule has 96 valence electrons. The SMILES string of the molecule is C(#CCN1CCCC1)CNCCc1ccccc1. The molecule has 18 heavy (non-hydrogen) atoms. The number of nitrogens with one attached hydrogen (secondary N) is 1. The van der Waals surface area contributed by atoms with Crippen molar-refractivity contribution in [2.45, 2.75) is 19.3 Å². The van der Waals surface area contributed by atoms with E-state index in [0.29, 0.717) is 0 Å². The first-order valence-electron chi connectivity index (χ1n) is 6.88. The molecular weight excluding hydrogens is 220 g/mol. The third-order valence-electron chi connectivity index (χ3n) is 3.27. The molecule has 2 nitrogen and oxygen atoms in total. The molecule has 1 heterocycles. The van der Waals surface area contributed by atoms with E-state index >= 15 is 0 Å². The monoisotopic (exact) mass is 242 g/mol. The van der Waals surface area contributed by atoms with Crippen LogP contribution in [0.1, 0.15) is 18.4 Å². The summed E-state index contributed by atoms with van der Waals surface area (Å²) in [5.74, 6) is 6.44. The summed E-state index contributed by atoms with van der Waals surface area (Å²) in [6.07, 6.45) is 3.77. The molecule has 2 heteroatoms. The summed E-state index contributed by atoms with van der Waals surface area (Å²) in [5.41, 5.74) is 1.38. The molecule has 0 saturated carbocycles. The maximum Gasteiger partial charge on any atom is 0.0602 e. The van der Waals surface area contributed by atoms with Gasteiger partial charge in [-0.3, -0.25) is 4.90 Å². The number of hydrogen-bond donors (Lipinski definition) is 1. The molecule has 0 unspecified atom stereocenters. The summed E-state index contributed by atoms with van der Waals surface area (Å²) in [7, 11) is 0. The lowest BCUT2D eigenvalue weighted by molar-refractivity contribution is 0.383. The smallest absolute Gasteiger partial charge is 0.0602 e. The second-order valence-corrected chi connectivity index (χ2v) is 4.75. The Bertz CT molecular complexity index is 383. The Labute approximate surface area is 110 Å². The van der Waals surface area contributed by atoms with Crippen LogP contribution in [0.3, 0.4) is 0 Å². The van der Waals surface area contributed by atoms with Gasteiger partial charge in [0.15, 0.2) is 0 Å². The largest absolute Gasteiger partial charge is 0.306 e. The Morgan fingerprint density at radius 3 is 2.61 bits per heavy atom. The molecule has 0 bridgehead atoms.